The molecule has 54 heavy (non-hydrogen) atoms. The van der Waals surface area contributed by atoms with Crippen molar-refractivity contribution in [1.29, 1.82) is 0 Å². The summed E-state index contributed by atoms with van der Waals surface area (Å²) >= 11 is 0. The number of nitrogens with two attached hydrogens (primary N) is 2. The summed E-state index contributed by atoms with van der Waals surface area (Å²) in [7, 11) is -45.5. The maximum absolute atomic E-state index is 9.85. The van der Waals surface area contributed by atoms with Crippen LogP contribution in [0.15, 0.2) is 0 Å². The molecule has 0 atom stereocenters. The molecule has 0 aliphatic rings. The minimum Gasteiger partial charge on any atom is -0.330 e. The van der Waals surface area contributed by atoms with Crippen molar-refractivity contribution in [2.24, 2.45) is 11.5 Å². The van der Waals surface area contributed by atoms with Gasteiger partial charge in [0.2, 0.25) is 0 Å². The highest BCUT2D eigenvalue weighted by molar-refractivity contribution is 7.71. The second kappa shape index (κ2) is 28.8. The maximum atomic E-state index is 9.85. The molecule has 0 heterocycles. The number of nitrogens with one attached hydrogen (secondary N) is 1. The van der Waals surface area contributed by atoms with Gasteiger partial charge in [-0.25, -0.2) is 0 Å². The van der Waals surface area contributed by atoms with Gasteiger partial charge < -0.3 is 115 Å². The van der Waals surface area contributed by atoms with E-state index in [2.05, 4.69) is 5.32 Å². The van der Waals surface area contributed by atoms with E-state index in [0.29, 0.717) is 0 Å². The van der Waals surface area contributed by atoms with Crippen LogP contribution >= 0.6 is 76.0 Å². The summed E-state index contributed by atoms with van der Waals surface area (Å²) in [4.78, 5) is 159. The highest BCUT2D eigenvalue weighted by atomic mass is 31.3. The molecule has 0 saturated heterocycles. The highest BCUT2D eigenvalue weighted by Crippen LogP contribution is 2.54. The van der Waals surface area contributed by atoms with Crippen molar-refractivity contribution < 1.29 is 144 Å². The Kier molecular flexibility index (Phi) is 35.8. The molecule has 0 aromatic heterocycles. The van der Waals surface area contributed by atoms with Crippen molar-refractivity contribution >= 4 is 76.0 Å². The van der Waals surface area contributed by atoms with Gasteiger partial charge in [-0.2, -0.15) is 0 Å². The third kappa shape index (κ3) is 105. The maximum Gasteiger partial charge on any atom is 0.337 e. The minimum absolute atomic E-state index is 0.773. The van der Waals surface area contributed by atoms with E-state index in [0.717, 1.165) is 39.0 Å². The molecule has 0 aliphatic carbocycles. The zero-order chi connectivity index (χ0) is 45.5. The second-order valence-electron chi connectivity index (χ2n) is 9.39. The van der Waals surface area contributed by atoms with Crippen LogP contribution in [-0.4, -0.2) is 154 Å². The highest BCUT2D eigenvalue weighted by Gasteiger charge is 2.29. The Labute approximate surface area is 304 Å². The Morgan fingerprint density at radius 2 is 0.389 bits per heavy atom. The summed E-state index contributed by atoms with van der Waals surface area (Å²) in [5.41, 5.74) is 10.6. The van der Waals surface area contributed by atoms with Crippen molar-refractivity contribution in [3.8, 4) is 0 Å². The van der Waals surface area contributed by atoms with Crippen LogP contribution < -0.4 is 16.8 Å². The molecular weight excluding hydrogens is 964 g/mol. The summed E-state index contributed by atoms with van der Waals surface area (Å²) in [5, 5.41) is 3.23. The lowest BCUT2D eigenvalue weighted by Gasteiger charge is -2.03. The fourth-order valence-corrected chi connectivity index (χ4v) is 11.4. The van der Waals surface area contributed by atoms with Crippen LogP contribution in [0.5, 0.6) is 0 Å². The lowest BCUT2D eigenvalue weighted by Crippen LogP contribution is -2.21. The van der Waals surface area contributed by atoms with Gasteiger partial charge >= 0.3 is 76.0 Å². The van der Waals surface area contributed by atoms with Crippen molar-refractivity contribution in [3.05, 3.63) is 0 Å². The van der Waals surface area contributed by atoms with E-state index in [1.807, 2.05) is 0 Å². The topological polar surface area (TPSA) is 639 Å². The third-order valence-corrected chi connectivity index (χ3v) is 17.7. The van der Waals surface area contributed by atoms with E-state index < -0.39 is 105 Å². The van der Waals surface area contributed by atoms with E-state index >= 15 is 0 Å². The van der Waals surface area contributed by atoms with Crippen molar-refractivity contribution in [3.63, 3.8) is 0 Å². The number of rotatable bonds is 16. The molecule has 33 nitrogen and oxygen atoms in total. The van der Waals surface area contributed by atoms with Gasteiger partial charge in [-0.15, -0.1) is 0 Å². The SMILES string of the molecule is NCCCNCCCN.O=P(O)(O)CP(=O)(O)O.O=P(O)(O)CP(=O)(O)O.O=P(O)(O)CP(=O)(O)O.O=P(O)(O)CP(=O)(O)O.O=P(O)(O)CP(=O)(O)O. The Morgan fingerprint density at radius 3 is 0.444 bits per heavy atom. The Hall–Kier alpha value is 1.38. The molecule has 0 spiro atoms. The minimum atomic E-state index is -4.55. The van der Waals surface area contributed by atoms with Crippen LogP contribution in [0.4, 0.5) is 0 Å². The standard InChI is InChI=1S/C6H17N3.5CH6O6P2/c7-3-1-5-9-6-2-4-8;5*2-8(3,4)1-9(5,6)7/h9H,1-8H2;5*1H2,(H2,2,3,4)(H2,5,6,7). The van der Waals surface area contributed by atoms with Crippen molar-refractivity contribution in [2.45, 2.75) is 12.8 Å². The van der Waals surface area contributed by atoms with Crippen LogP contribution in [0, 0.1) is 0 Å². The third-order valence-electron chi connectivity index (χ3n) is 2.96. The molecule has 0 aromatic rings. The van der Waals surface area contributed by atoms with Gasteiger partial charge in [0.05, 0.1) is 0 Å². The first-order valence-electron chi connectivity index (χ1n) is 12.5. The molecule has 0 amide bonds. The molecule has 0 radical (unpaired) electrons. The normalized spacial score (nSPS) is 13.1. The lowest BCUT2D eigenvalue weighted by atomic mass is 10.4. The molecular formula is C11H47N3O30P10. The van der Waals surface area contributed by atoms with Crippen LogP contribution in [-0.2, 0) is 45.7 Å². The fourth-order valence-electron chi connectivity index (χ4n) is 1.78. The van der Waals surface area contributed by atoms with Gasteiger partial charge in [0, 0.05) is 0 Å². The molecule has 0 aromatic carbocycles. The first-order chi connectivity index (χ1) is 22.9. The van der Waals surface area contributed by atoms with Crippen molar-refractivity contribution in [1.82, 2.24) is 5.32 Å². The molecule has 0 aliphatic heterocycles. The smallest absolute Gasteiger partial charge is 0.330 e. The molecule has 25 N–H and O–H groups in total. The van der Waals surface area contributed by atoms with E-state index in [4.69, 9.17) is 109 Å². The van der Waals surface area contributed by atoms with E-state index in [1.165, 1.54) is 0 Å². The van der Waals surface area contributed by atoms with Gasteiger partial charge in [0.1, 0.15) is 0 Å². The van der Waals surface area contributed by atoms with Crippen LogP contribution in [0.3, 0.4) is 0 Å². The summed E-state index contributed by atoms with van der Waals surface area (Å²) in [5.74, 6) is -6.88. The molecule has 0 fully saturated rings. The monoisotopic (exact) mass is 1010 g/mol. The van der Waals surface area contributed by atoms with E-state index in [1.54, 1.807) is 0 Å². The Morgan fingerprint density at radius 1 is 0.278 bits per heavy atom. The van der Waals surface area contributed by atoms with Crippen LogP contribution in [0.1, 0.15) is 12.8 Å². The average molecular weight is 1010 g/mol. The Balaban J connectivity index is -0.000000128. The number of hydrogen-bond acceptors (Lipinski definition) is 13. The predicted octanol–water partition coefficient (Wildman–Crippen LogP) is -4.23. The van der Waals surface area contributed by atoms with Gasteiger partial charge in [-0.1, -0.05) is 0 Å². The van der Waals surface area contributed by atoms with Crippen molar-refractivity contribution in [2.75, 3.05) is 55.7 Å². The number of hydrogen-bond donors (Lipinski definition) is 23. The molecule has 0 rings (SSSR count). The molecule has 0 bridgehead atoms. The quantitative estimate of drug-likeness (QED) is 0.0514. The van der Waals surface area contributed by atoms with Gasteiger partial charge in [0.15, 0.2) is 29.5 Å². The summed E-state index contributed by atoms with van der Waals surface area (Å²) < 4.78 is 98.5. The largest absolute Gasteiger partial charge is 0.337 e. The van der Waals surface area contributed by atoms with E-state index in [-0.39, 0.29) is 0 Å². The first-order valence-corrected chi connectivity index (χ1v) is 30.5. The molecule has 0 unspecified atom stereocenters. The molecule has 0 saturated carbocycles. The Bertz CT molecular complexity index is 1140. The van der Waals surface area contributed by atoms with Gasteiger partial charge in [0.25, 0.3) is 0 Å². The first kappa shape index (κ1) is 67.2. The summed E-state index contributed by atoms with van der Waals surface area (Å²) in [6.07, 6.45) is 2.12. The van der Waals surface area contributed by atoms with Crippen LogP contribution in [0.25, 0.3) is 0 Å². The fraction of sp³-hybridized carbons (Fsp3) is 1.00. The van der Waals surface area contributed by atoms with Gasteiger partial charge in [-0.05, 0) is 39.0 Å². The van der Waals surface area contributed by atoms with Crippen LogP contribution in [0.2, 0.25) is 0 Å². The average Bonchev–Trinajstić information content (AvgIpc) is 2.68. The predicted molar refractivity (Wildman–Crippen MR) is 185 cm³/mol. The summed E-state index contributed by atoms with van der Waals surface area (Å²) in [6, 6.07) is 0. The zero-order valence-corrected chi connectivity index (χ0v) is 35.9. The second-order valence-corrected chi connectivity index (χ2v) is 28.3. The van der Waals surface area contributed by atoms with E-state index in [9.17, 15) is 45.7 Å². The zero-order valence-electron chi connectivity index (χ0n) is 26.9. The summed E-state index contributed by atoms with van der Waals surface area (Å²) in [6.45, 7) is 3.60. The lowest BCUT2D eigenvalue weighted by molar-refractivity contribution is 0.352. The molecule has 336 valence electrons. The van der Waals surface area contributed by atoms with Gasteiger partial charge in [-0.3, -0.25) is 45.7 Å². The molecule has 43 heteroatoms.